The fourth-order valence-electron chi connectivity index (χ4n) is 1.76. The Morgan fingerprint density at radius 2 is 2.10 bits per heavy atom. The zero-order valence-electron chi connectivity index (χ0n) is 11.0. The Morgan fingerprint density at radius 3 is 2.75 bits per heavy atom. The molecule has 0 aliphatic rings. The fourth-order valence-corrected chi connectivity index (χ4v) is 2.84. The second-order valence-corrected chi connectivity index (χ2v) is 5.84. The molecule has 0 fully saturated rings. The van der Waals surface area contributed by atoms with Crippen molar-refractivity contribution in [1.82, 2.24) is 4.98 Å². The first-order valence-corrected chi connectivity index (χ1v) is 7.76. The van der Waals surface area contributed by atoms with Gasteiger partial charge in [-0.05, 0) is 63.0 Å². The summed E-state index contributed by atoms with van der Waals surface area (Å²) in [6.45, 7) is 3.01. The Morgan fingerprint density at radius 1 is 1.30 bits per heavy atom. The third kappa shape index (κ3) is 3.71. The van der Waals surface area contributed by atoms with E-state index < -0.39 is 0 Å². The number of halogens is 2. The van der Waals surface area contributed by atoms with Gasteiger partial charge in [-0.2, -0.15) is 0 Å². The minimum absolute atomic E-state index is 0.430. The lowest BCUT2D eigenvalue weighted by Gasteiger charge is -2.12. The van der Waals surface area contributed by atoms with E-state index in [9.17, 15) is 0 Å². The highest BCUT2D eigenvalue weighted by atomic mass is 79.9. The Labute approximate surface area is 135 Å². The Hall–Kier alpha value is -1.11. The van der Waals surface area contributed by atoms with Crippen molar-refractivity contribution in [1.29, 1.82) is 0 Å². The van der Waals surface area contributed by atoms with Gasteiger partial charge in [0.25, 0.3) is 0 Å². The summed E-state index contributed by atoms with van der Waals surface area (Å²) < 4.78 is 7.34. The molecule has 0 bridgehead atoms. The van der Waals surface area contributed by atoms with Crippen molar-refractivity contribution in [2.24, 2.45) is 5.73 Å². The van der Waals surface area contributed by atoms with Crippen molar-refractivity contribution in [3.63, 3.8) is 0 Å². The topological polar surface area (TPSA) is 60.2 Å². The van der Waals surface area contributed by atoms with E-state index in [0.717, 1.165) is 31.8 Å². The van der Waals surface area contributed by atoms with E-state index in [1.54, 1.807) is 6.20 Å². The van der Waals surface area contributed by atoms with E-state index >= 15 is 0 Å². The van der Waals surface area contributed by atoms with Gasteiger partial charge >= 0.3 is 0 Å². The molecule has 0 radical (unpaired) electrons. The standard InChI is InChI=1S/C14H15Br2N3O/c1-2-20-13-4-3-11(5-9(13)7-17)19-14-12(16)6-10(15)8-18-14/h3-6,8H,2,7,17H2,1H3,(H,18,19). The van der Waals surface area contributed by atoms with Crippen LogP contribution >= 0.6 is 31.9 Å². The molecule has 0 saturated heterocycles. The van der Waals surface area contributed by atoms with Crippen molar-refractivity contribution >= 4 is 43.4 Å². The van der Waals surface area contributed by atoms with Crippen LogP contribution in [-0.4, -0.2) is 11.6 Å². The molecule has 2 rings (SSSR count). The van der Waals surface area contributed by atoms with E-state index in [0.29, 0.717) is 13.2 Å². The molecule has 4 nitrogen and oxygen atoms in total. The minimum atomic E-state index is 0.430. The van der Waals surface area contributed by atoms with Gasteiger partial charge in [0.15, 0.2) is 0 Å². The molecule has 1 aromatic carbocycles. The van der Waals surface area contributed by atoms with Crippen LogP contribution in [0.5, 0.6) is 5.75 Å². The summed E-state index contributed by atoms with van der Waals surface area (Å²) in [4.78, 5) is 4.32. The van der Waals surface area contributed by atoms with Crippen LogP contribution in [0, 0.1) is 0 Å². The molecule has 0 amide bonds. The fraction of sp³-hybridized carbons (Fsp3) is 0.214. The molecule has 3 N–H and O–H groups in total. The molecule has 0 aliphatic heterocycles. The number of hydrogen-bond donors (Lipinski definition) is 2. The maximum absolute atomic E-state index is 5.75. The highest BCUT2D eigenvalue weighted by Gasteiger charge is 2.06. The summed E-state index contributed by atoms with van der Waals surface area (Å²) in [5.41, 5.74) is 7.64. The molecule has 0 saturated carbocycles. The van der Waals surface area contributed by atoms with Crippen LogP contribution < -0.4 is 15.8 Å². The first-order chi connectivity index (χ1) is 9.63. The highest BCUT2D eigenvalue weighted by Crippen LogP contribution is 2.28. The number of ether oxygens (including phenoxy) is 1. The molecule has 1 aromatic heterocycles. The zero-order valence-corrected chi connectivity index (χ0v) is 14.2. The lowest BCUT2D eigenvalue weighted by Crippen LogP contribution is -2.03. The van der Waals surface area contributed by atoms with E-state index in [-0.39, 0.29) is 0 Å². The smallest absolute Gasteiger partial charge is 0.144 e. The van der Waals surface area contributed by atoms with Crippen LogP contribution in [-0.2, 0) is 6.54 Å². The van der Waals surface area contributed by atoms with E-state index in [2.05, 4.69) is 42.2 Å². The normalized spacial score (nSPS) is 10.4. The van der Waals surface area contributed by atoms with Crippen molar-refractivity contribution < 1.29 is 4.74 Å². The van der Waals surface area contributed by atoms with Crippen LogP contribution in [0.1, 0.15) is 12.5 Å². The van der Waals surface area contributed by atoms with Crippen molar-refractivity contribution in [3.8, 4) is 5.75 Å². The maximum Gasteiger partial charge on any atom is 0.144 e. The van der Waals surface area contributed by atoms with Crippen LogP contribution in [0.3, 0.4) is 0 Å². The molecule has 0 spiro atoms. The van der Waals surface area contributed by atoms with E-state index in [4.69, 9.17) is 10.5 Å². The molecule has 106 valence electrons. The van der Waals surface area contributed by atoms with Crippen LogP contribution in [0.2, 0.25) is 0 Å². The van der Waals surface area contributed by atoms with Gasteiger partial charge in [-0.1, -0.05) is 0 Å². The van der Waals surface area contributed by atoms with Gasteiger partial charge in [0, 0.05) is 28.5 Å². The molecule has 2 aromatic rings. The SMILES string of the molecule is CCOc1ccc(Nc2ncc(Br)cc2Br)cc1CN. The molecule has 20 heavy (non-hydrogen) atoms. The van der Waals surface area contributed by atoms with Gasteiger partial charge in [0.1, 0.15) is 11.6 Å². The highest BCUT2D eigenvalue weighted by molar-refractivity contribution is 9.11. The average molecular weight is 401 g/mol. The Bertz CT molecular complexity index is 605. The van der Waals surface area contributed by atoms with Gasteiger partial charge in [-0.25, -0.2) is 4.98 Å². The van der Waals surface area contributed by atoms with Crippen LogP contribution in [0.4, 0.5) is 11.5 Å². The van der Waals surface area contributed by atoms with Gasteiger partial charge < -0.3 is 15.8 Å². The third-order valence-corrected chi connectivity index (χ3v) is 3.69. The first-order valence-electron chi connectivity index (χ1n) is 6.18. The van der Waals surface area contributed by atoms with E-state index in [1.165, 1.54) is 0 Å². The van der Waals surface area contributed by atoms with Crippen LogP contribution in [0.25, 0.3) is 0 Å². The number of hydrogen-bond acceptors (Lipinski definition) is 4. The molecule has 0 atom stereocenters. The number of pyridine rings is 1. The maximum atomic E-state index is 5.75. The summed E-state index contributed by atoms with van der Waals surface area (Å²) in [5, 5.41) is 3.25. The minimum Gasteiger partial charge on any atom is -0.494 e. The lowest BCUT2D eigenvalue weighted by atomic mass is 10.1. The van der Waals surface area contributed by atoms with Crippen molar-refractivity contribution in [3.05, 3.63) is 45.0 Å². The molecular formula is C14H15Br2N3O. The summed E-state index contributed by atoms with van der Waals surface area (Å²) in [5.74, 6) is 1.57. The van der Waals surface area contributed by atoms with Gasteiger partial charge in [-0.3, -0.25) is 0 Å². The summed E-state index contributed by atoms with van der Waals surface area (Å²) in [7, 11) is 0. The lowest BCUT2D eigenvalue weighted by molar-refractivity contribution is 0.336. The first kappa shape index (κ1) is 15.3. The van der Waals surface area contributed by atoms with Crippen molar-refractivity contribution in [2.75, 3.05) is 11.9 Å². The van der Waals surface area contributed by atoms with E-state index in [1.807, 2.05) is 31.2 Å². The number of nitrogens with one attached hydrogen (secondary N) is 1. The molecule has 6 heteroatoms. The predicted molar refractivity (Wildman–Crippen MR) is 88.4 cm³/mol. The summed E-state index contributed by atoms with van der Waals surface area (Å²) in [6, 6.07) is 7.77. The van der Waals surface area contributed by atoms with Crippen LogP contribution in [0.15, 0.2) is 39.4 Å². The molecule has 0 aliphatic carbocycles. The molecular weight excluding hydrogens is 386 g/mol. The third-order valence-electron chi connectivity index (χ3n) is 2.65. The zero-order chi connectivity index (χ0) is 14.5. The number of rotatable bonds is 5. The van der Waals surface area contributed by atoms with Gasteiger partial charge in [0.05, 0.1) is 11.1 Å². The monoisotopic (exact) mass is 399 g/mol. The summed E-state index contributed by atoms with van der Waals surface area (Å²) in [6.07, 6.45) is 1.74. The number of nitrogens with zero attached hydrogens (tertiary/aromatic N) is 1. The van der Waals surface area contributed by atoms with Crippen molar-refractivity contribution in [2.45, 2.75) is 13.5 Å². The number of nitrogens with two attached hydrogens (primary N) is 1. The quantitative estimate of drug-likeness (QED) is 0.789. The Balaban J connectivity index is 2.25. The second kappa shape index (κ2) is 7.06. The number of anilines is 2. The Kier molecular flexibility index (Phi) is 5.39. The van der Waals surface area contributed by atoms with Gasteiger partial charge in [0.2, 0.25) is 0 Å². The predicted octanol–water partition coefficient (Wildman–Crippen LogP) is 4.21. The molecule has 1 heterocycles. The second-order valence-electron chi connectivity index (χ2n) is 4.07. The largest absolute Gasteiger partial charge is 0.494 e. The summed E-state index contributed by atoms with van der Waals surface area (Å²) >= 11 is 6.85. The molecule has 0 unspecified atom stereocenters. The average Bonchev–Trinajstić information content (AvgIpc) is 2.43. The number of benzene rings is 1. The number of aromatic nitrogens is 1. The van der Waals surface area contributed by atoms with Gasteiger partial charge in [-0.15, -0.1) is 0 Å².